The van der Waals surface area contributed by atoms with Gasteiger partial charge in [-0.05, 0) is 62.6 Å². The van der Waals surface area contributed by atoms with Crippen LogP contribution in [0.2, 0.25) is 0 Å². The van der Waals surface area contributed by atoms with Crippen LogP contribution in [0.1, 0.15) is 45.4 Å². The third-order valence-corrected chi connectivity index (χ3v) is 8.20. The summed E-state index contributed by atoms with van der Waals surface area (Å²) in [5, 5.41) is 5.78. The number of piperidine rings is 1. The number of nitrogens with zero attached hydrogens (tertiary/aromatic N) is 1. The number of sulfonamides is 1. The molecule has 30 heavy (non-hydrogen) atoms. The van der Waals surface area contributed by atoms with Crippen LogP contribution in [0.5, 0.6) is 5.75 Å². The van der Waals surface area contributed by atoms with E-state index in [1.165, 1.54) is 16.4 Å². The molecule has 1 saturated carbocycles. The molecule has 0 aromatic heterocycles. The Bertz CT molecular complexity index is 925. The predicted octanol–water partition coefficient (Wildman–Crippen LogP) is 2.11. The van der Waals surface area contributed by atoms with Crippen molar-refractivity contribution in [2.24, 2.45) is 11.8 Å². The second-order valence-electron chi connectivity index (χ2n) is 8.66. The number of anilines is 1. The highest BCUT2D eigenvalue weighted by atomic mass is 32.2. The molecular formula is C21H29N3O5S. The van der Waals surface area contributed by atoms with Crippen LogP contribution in [-0.2, 0) is 19.6 Å². The van der Waals surface area contributed by atoms with Crippen molar-refractivity contribution in [2.75, 3.05) is 25.0 Å². The standard InChI is InChI=1S/C21H29N3O5S/c1-14-4-6-16(7-5-14)22-21(26)15-3-2-10-24(12-15)30(27,28)17-8-9-19-18(11-17)23-20(25)13-29-19/h8-9,11,14-16H,2-7,10,12-13H2,1H3,(H,22,26)(H,23,25). The fraction of sp³-hybridized carbons (Fsp3) is 0.619. The van der Waals surface area contributed by atoms with Crippen molar-refractivity contribution in [3.63, 3.8) is 0 Å². The lowest BCUT2D eigenvalue weighted by Crippen LogP contribution is -2.48. The minimum Gasteiger partial charge on any atom is -0.482 e. The highest BCUT2D eigenvalue weighted by Crippen LogP contribution is 2.32. The minimum absolute atomic E-state index is 0.0412. The van der Waals surface area contributed by atoms with Gasteiger partial charge < -0.3 is 15.4 Å². The molecular weight excluding hydrogens is 406 g/mol. The van der Waals surface area contributed by atoms with E-state index in [1.807, 2.05) is 0 Å². The van der Waals surface area contributed by atoms with E-state index in [0.29, 0.717) is 36.7 Å². The molecule has 2 heterocycles. The average molecular weight is 436 g/mol. The molecule has 1 unspecified atom stereocenters. The van der Waals surface area contributed by atoms with Crippen molar-refractivity contribution in [1.82, 2.24) is 9.62 Å². The number of nitrogens with one attached hydrogen (secondary N) is 2. The quantitative estimate of drug-likeness (QED) is 0.754. The third-order valence-electron chi connectivity index (χ3n) is 6.34. The summed E-state index contributed by atoms with van der Waals surface area (Å²) in [5.41, 5.74) is 0.352. The summed E-state index contributed by atoms with van der Waals surface area (Å²) in [5.74, 6) is 0.462. The molecule has 1 saturated heterocycles. The van der Waals surface area contributed by atoms with E-state index >= 15 is 0 Å². The molecule has 164 valence electrons. The molecule has 0 radical (unpaired) electrons. The van der Waals surface area contributed by atoms with Gasteiger partial charge >= 0.3 is 0 Å². The van der Waals surface area contributed by atoms with Crippen molar-refractivity contribution < 1.29 is 22.7 Å². The van der Waals surface area contributed by atoms with Crippen molar-refractivity contribution >= 4 is 27.5 Å². The summed E-state index contributed by atoms with van der Waals surface area (Å²) in [6.45, 7) is 2.71. The Morgan fingerprint density at radius 1 is 1.20 bits per heavy atom. The Balaban J connectivity index is 1.44. The number of ether oxygens (including phenoxy) is 1. The van der Waals surface area contributed by atoms with Crippen molar-refractivity contribution in [3.05, 3.63) is 18.2 Å². The summed E-state index contributed by atoms with van der Waals surface area (Å²) in [6, 6.07) is 4.66. The topological polar surface area (TPSA) is 105 Å². The van der Waals surface area contributed by atoms with Gasteiger partial charge in [0.25, 0.3) is 5.91 Å². The van der Waals surface area contributed by atoms with Gasteiger partial charge in [-0.25, -0.2) is 8.42 Å². The Morgan fingerprint density at radius 3 is 2.73 bits per heavy atom. The Morgan fingerprint density at radius 2 is 1.97 bits per heavy atom. The van der Waals surface area contributed by atoms with Gasteiger partial charge in [-0.15, -0.1) is 0 Å². The summed E-state index contributed by atoms with van der Waals surface area (Å²) in [7, 11) is -3.77. The normalized spacial score (nSPS) is 27.5. The maximum absolute atomic E-state index is 13.2. The summed E-state index contributed by atoms with van der Waals surface area (Å²) in [4.78, 5) is 24.4. The van der Waals surface area contributed by atoms with Gasteiger partial charge in [0.2, 0.25) is 15.9 Å². The Hall–Kier alpha value is -2.13. The van der Waals surface area contributed by atoms with Gasteiger partial charge in [-0.1, -0.05) is 6.92 Å². The molecule has 0 spiro atoms. The van der Waals surface area contributed by atoms with E-state index < -0.39 is 10.0 Å². The molecule has 1 aliphatic carbocycles. The number of fused-ring (bicyclic) bond motifs is 1. The van der Waals surface area contributed by atoms with E-state index in [4.69, 9.17) is 4.74 Å². The van der Waals surface area contributed by atoms with E-state index in [-0.39, 0.29) is 41.8 Å². The molecule has 1 aromatic carbocycles. The molecule has 4 rings (SSSR count). The SMILES string of the molecule is CC1CCC(NC(=O)C2CCCN(S(=O)(=O)c3ccc4c(c3)NC(=O)CO4)C2)CC1. The smallest absolute Gasteiger partial charge is 0.262 e. The zero-order chi connectivity index (χ0) is 21.3. The molecule has 0 bridgehead atoms. The van der Waals surface area contributed by atoms with Crippen LogP contribution >= 0.6 is 0 Å². The zero-order valence-corrected chi connectivity index (χ0v) is 18.0. The van der Waals surface area contributed by atoms with Crippen LogP contribution in [0.25, 0.3) is 0 Å². The summed E-state index contributed by atoms with van der Waals surface area (Å²) < 4.78 is 33.1. The largest absolute Gasteiger partial charge is 0.482 e. The van der Waals surface area contributed by atoms with Gasteiger partial charge in [-0.2, -0.15) is 4.31 Å². The van der Waals surface area contributed by atoms with Gasteiger partial charge in [0.05, 0.1) is 16.5 Å². The first kappa shape index (κ1) is 21.1. The summed E-state index contributed by atoms with van der Waals surface area (Å²) in [6.07, 6.45) is 5.55. The average Bonchev–Trinajstić information content (AvgIpc) is 2.75. The second-order valence-corrected chi connectivity index (χ2v) is 10.6. The minimum atomic E-state index is -3.77. The lowest BCUT2D eigenvalue weighted by Gasteiger charge is -2.33. The Kier molecular flexibility index (Phi) is 6.02. The number of carbonyl (C=O) groups is 2. The van der Waals surface area contributed by atoms with Crippen LogP contribution in [0.3, 0.4) is 0 Å². The van der Waals surface area contributed by atoms with E-state index in [1.54, 1.807) is 6.07 Å². The molecule has 2 fully saturated rings. The number of hydrogen-bond donors (Lipinski definition) is 2. The van der Waals surface area contributed by atoms with Crippen molar-refractivity contribution in [1.29, 1.82) is 0 Å². The maximum Gasteiger partial charge on any atom is 0.262 e. The predicted molar refractivity (Wildman–Crippen MR) is 112 cm³/mol. The number of amides is 2. The monoisotopic (exact) mass is 435 g/mol. The van der Waals surface area contributed by atoms with Crippen molar-refractivity contribution in [2.45, 2.75) is 56.4 Å². The molecule has 2 N–H and O–H groups in total. The van der Waals surface area contributed by atoms with E-state index in [2.05, 4.69) is 17.6 Å². The fourth-order valence-electron chi connectivity index (χ4n) is 4.47. The number of hydrogen-bond acceptors (Lipinski definition) is 5. The second kappa shape index (κ2) is 8.55. The van der Waals surface area contributed by atoms with Crippen LogP contribution in [0, 0.1) is 11.8 Å². The maximum atomic E-state index is 13.2. The first-order valence-corrected chi connectivity index (χ1v) is 12.1. The number of benzene rings is 1. The molecule has 9 heteroatoms. The molecule has 8 nitrogen and oxygen atoms in total. The van der Waals surface area contributed by atoms with Crippen LogP contribution in [0.15, 0.2) is 23.1 Å². The molecule has 2 aliphatic heterocycles. The lowest BCUT2D eigenvalue weighted by atomic mass is 9.87. The fourth-order valence-corrected chi connectivity index (χ4v) is 6.02. The van der Waals surface area contributed by atoms with Gasteiger partial charge in [0, 0.05) is 19.1 Å². The molecule has 3 aliphatic rings. The lowest BCUT2D eigenvalue weighted by molar-refractivity contribution is -0.127. The van der Waals surface area contributed by atoms with Crippen LogP contribution < -0.4 is 15.4 Å². The Labute approximate surface area is 177 Å². The van der Waals surface area contributed by atoms with Gasteiger partial charge in [0.1, 0.15) is 5.75 Å². The van der Waals surface area contributed by atoms with Crippen LogP contribution in [0.4, 0.5) is 5.69 Å². The molecule has 1 atom stereocenters. The highest BCUT2D eigenvalue weighted by Gasteiger charge is 2.35. The van der Waals surface area contributed by atoms with E-state index in [0.717, 1.165) is 25.7 Å². The first-order chi connectivity index (χ1) is 14.3. The zero-order valence-electron chi connectivity index (χ0n) is 17.2. The summed E-state index contributed by atoms with van der Waals surface area (Å²) >= 11 is 0. The van der Waals surface area contributed by atoms with E-state index in [9.17, 15) is 18.0 Å². The van der Waals surface area contributed by atoms with Crippen molar-refractivity contribution in [3.8, 4) is 5.75 Å². The van der Waals surface area contributed by atoms with Crippen LogP contribution in [-0.4, -0.2) is 50.3 Å². The number of rotatable bonds is 4. The third kappa shape index (κ3) is 4.46. The molecule has 1 aromatic rings. The number of carbonyl (C=O) groups excluding carboxylic acids is 2. The van der Waals surface area contributed by atoms with Gasteiger partial charge in [0.15, 0.2) is 6.61 Å². The molecule has 2 amide bonds. The van der Waals surface area contributed by atoms with Gasteiger partial charge in [-0.3, -0.25) is 9.59 Å². The highest BCUT2D eigenvalue weighted by molar-refractivity contribution is 7.89. The first-order valence-electron chi connectivity index (χ1n) is 10.7.